The van der Waals surface area contributed by atoms with Gasteiger partial charge in [-0.3, -0.25) is 4.79 Å². The molecule has 0 atom stereocenters. The fourth-order valence-electron chi connectivity index (χ4n) is 2.76. The number of para-hydroxylation sites is 1. The molecular weight excluding hydrogens is 374 g/mol. The first-order valence-corrected chi connectivity index (χ1v) is 9.58. The second-order valence-corrected chi connectivity index (χ2v) is 6.87. The van der Waals surface area contributed by atoms with Crippen LogP contribution in [0.25, 0.3) is 0 Å². The Bertz CT molecular complexity index is 942. The molecule has 0 radical (unpaired) electrons. The van der Waals surface area contributed by atoms with Crippen LogP contribution in [0.2, 0.25) is 0 Å². The van der Waals surface area contributed by atoms with Crippen LogP contribution in [0.4, 0.5) is 10.7 Å². The largest absolute Gasteiger partial charge is 0.452 e. The van der Waals surface area contributed by atoms with E-state index in [1.54, 1.807) is 18.9 Å². The van der Waals surface area contributed by atoms with Gasteiger partial charge in [0, 0.05) is 12.7 Å². The predicted octanol–water partition coefficient (Wildman–Crippen LogP) is 3.88. The van der Waals surface area contributed by atoms with Gasteiger partial charge in [-0.15, -0.1) is 0 Å². The molecule has 28 heavy (non-hydrogen) atoms. The summed E-state index contributed by atoms with van der Waals surface area (Å²) in [6, 6.07) is 19.0. The number of nitrogens with one attached hydrogen (secondary N) is 1. The number of aryl methyl sites for hydroxylation is 1. The molecule has 0 saturated carbocycles. The minimum Gasteiger partial charge on any atom is -0.452 e. The standard InChI is InChI=1S/C21H21N3O3S/c1-15-19(20(22-2)28-23-15)21(26)27-14-18(25)24(17-11-7-4-8-12-17)13-16-9-5-3-6-10-16/h3-12,22H,13-14H2,1-2H3. The number of hydrogen-bond donors (Lipinski definition) is 1. The minimum atomic E-state index is -0.559. The van der Waals surface area contributed by atoms with Crippen LogP contribution in [-0.4, -0.2) is 29.9 Å². The summed E-state index contributed by atoms with van der Waals surface area (Å²) in [5.74, 6) is -0.855. The second kappa shape index (κ2) is 9.14. The van der Waals surface area contributed by atoms with Gasteiger partial charge in [-0.1, -0.05) is 48.5 Å². The SMILES string of the molecule is CNc1snc(C)c1C(=O)OCC(=O)N(Cc1ccccc1)c1ccccc1. The van der Waals surface area contributed by atoms with E-state index >= 15 is 0 Å². The molecule has 1 aromatic heterocycles. The fourth-order valence-corrected chi connectivity index (χ4v) is 3.49. The van der Waals surface area contributed by atoms with Crippen LogP contribution in [0.3, 0.4) is 0 Å². The van der Waals surface area contributed by atoms with Crippen molar-refractivity contribution in [3.8, 4) is 0 Å². The van der Waals surface area contributed by atoms with Gasteiger partial charge in [-0.2, -0.15) is 4.37 Å². The van der Waals surface area contributed by atoms with Crippen LogP contribution in [0.1, 0.15) is 21.6 Å². The Kier molecular flexibility index (Phi) is 6.39. The Hall–Kier alpha value is -3.19. The minimum absolute atomic E-state index is 0.296. The van der Waals surface area contributed by atoms with Gasteiger partial charge in [0.05, 0.1) is 12.2 Å². The first-order valence-electron chi connectivity index (χ1n) is 8.80. The molecule has 1 heterocycles. The molecule has 3 rings (SSSR count). The van der Waals surface area contributed by atoms with Crippen LogP contribution in [0.5, 0.6) is 0 Å². The molecule has 144 valence electrons. The average Bonchev–Trinajstić information content (AvgIpc) is 3.12. The summed E-state index contributed by atoms with van der Waals surface area (Å²) in [6.07, 6.45) is 0. The van der Waals surface area contributed by atoms with Crippen LogP contribution < -0.4 is 10.2 Å². The number of aromatic nitrogens is 1. The monoisotopic (exact) mass is 395 g/mol. The zero-order chi connectivity index (χ0) is 19.9. The molecule has 1 N–H and O–H groups in total. The Morgan fingerprint density at radius 1 is 1.07 bits per heavy atom. The number of rotatable bonds is 7. The van der Waals surface area contributed by atoms with Crippen molar-refractivity contribution in [3.63, 3.8) is 0 Å². The lowest BCUT2D eigenvalue weighted by atomic mass is 10.2. The van der Waals surface area contributed by atoms with E-state index in [9.17, 15) is 9.59 Å². The molecule has 1 amide bonds. The molecule has 0 aliphatic rings. The highest BCUT2D eigenvalue weighted by atomic mass is 32.1. The third kappa shape index (κ3) is 4.55. The third-order valence-corrected chi connectivity index (χ3v) is 5.13. The number of carbonyl (C=O) groups excluding carboxylic acids is 2. The Morgan fingerprint density at radius 3 is 2.36 bits per heavy atom. The topological polar surface area (TPSA) is 71.5 Å². The molecule has 0 spiro atoms. The van der Waals surface area contributed by atoms with E-state index in [1.807, 2.05) is 60.7 Å². The number of benzene rings is 2. The van der Waals surface area contributed by atoms with E-state index < -0.39 is 5.97 Å². The van der Waals surface area contributed by atoms with E-state index in [4.69, 9.17) is 4.74 Å². The highest BCUT2D eigenvalue weighted by Crippen LogP contribution is 2.25. The van der Waals surface area contributed by atoms with Crippen molar-refractivity contribution < 1.29 is 14.3 Å². The maximum atomic E-state index is 12.9. The van der Waals surface area contributed by atoms with Gasteiger partial charge < -0.3 is 15.0 Å². The zero-order valence-electron chi connectivity index (χ0n) is 15.7. The van der Waals surface area contributed by atoms with Gasteiger partial charge in [0.2, 0.25) is 0 Å². The molecular formula is C21H21N3O3S. The quantitative estimate of drug-likeness (QED) is 0.615. The highest BCUT2D eigenvalue weighted by Gasteiger charge is 2.22. The van der Waals surface area contributed by atoms with Crippen LogP contribution in [0.15, 0.2) is 60.7 Å². The lowest BCUT2D eigenvalue weighted by Gasteiger charge is -2.23. The van der Waals surface area contributed by atoms with Crippen LogP contribution in [0, 0.1) is 6.92 Å². The molecule has 3 aromatic rings. The number of esters is 1. The molecule has 7 heteroatoms. The summed E-state index contributed by atoms with van der Waals surface area (Å²) in [5, 5.41) is 3.55. The summed E-state index contributed by atoms with van der Waals surface area (Å²) in [5.41, 5.74) is 2.68. The van der Waals surface area contributed by atoms with E-state index in [2.05, 4.69) is 9.69 Å². The number of hydrogen-bond acceptors (Lipinski definition) is 6. The average molecular weight is 395 g/mol. The molecule has 0 saturated heterocycles. The number of ether oxygens (including phenoxy) is 1. The van der Waals surface area contributed by atoms with Crippen molar-refractivity contribution in [1.29, 1.82) is 0 Å². The lowest BCUT2D eigenvalue weighted by Crippen LogP contribution is -2.34. The van der Waals surface area contributed by atoms with Crippen molar-refractivity contribution in [2.24, 2.45) is 0 Å². The van der Waals surface area contributed by atoms with Gasteiger partial charge in [0.25, 0.3) is 5.91 Å². The fraction of sp³-hybridized carbons (Fsp3) is 0.190. The van der Waals surface area contributed by atoms with Crippen molar-refractivity contribution >= 4 is 34.1 Å². The first kappa shape index (κ1) is 19.6. The summed E-state index contributed by atoms with van der Waals surface area (Å²) >= 11 is 1.19. The number of anilines is 2. The highest BCUT2D eigenvalue weighted by molar-refractivity contribution is 7.10. The first-order chi connectivity index (χ1) is 13.6. The van der Waals surface area contributed by atoms with Crippen molar-refractivity contribution in [2.45, 2.75) is 13.5 Å². The van der Waals surface area contributed by atoms with E-state index in [0.717, 1.165) is 11.3 Å². The van der Waals surface area contributed by atoms with E-state index in [1.165, 1.54) is 11.5 Å². The summed E-state index contributed by atoms with van der Waals surface area (Å²) in [7, 11) is 1.71. The summed E-state index contributed by atoms with van der Waals surface area (Å²) in [6.45, 7) is 1.78. The number of amides is 1. The second-order valence-electron chi connectivity index (χ2n) is 6.10. The summed E-state index contributed by atoms with van der Waals surface area (Å²) in [4.78, 5) is 27.0. The Labute approximate surface area is 167 Å². The molecule has 0 aliphatic heterocycles. The van der Waals surface area contributed by atoms with E-state index in [0.29, 0.717) is 22.8 Å². The number of carbonyl (C=O) groups is 2. The van der Waals surface area contributed by atoms with Gasteiger partial charge in [0.15, 0.2) is 6.61 Å². The molecule has 0 aliphatic carbocycles. The molecule has 6 nitrogen and oxygen atoms in total. The maximum Gasteiger partial charge on any atom is 0.343 e. The van der Waals surface area contributed by atoms with Gasteiger partial charge in [0.1, 0.15) is 10.6 Å². The van der Waals surface area contributed by atoms with E-state index in [-0.39, 0.29) is 12.5 Å². The third-order valence-electron chi connectivity index (χ3n) is 4.17. The molecule has 0 bridgehead atoms. The summed E-state index contributed by atoms with van der Waals surface area (Å²) < 4.78 is 9.47. The lowest BCUT2D eigenvalue weighted by molar-refractivity contribution is -0.121. The maximum absolute atomic E-state index is 12.9. The van der Waals surface area contributed by atoms with Gasteiger partial charge in [-0.25, -0.2) is 4.79 Å². The molecule has 0 fully saturated rings. The van der Waals surface area contributed by atoms with Gasteiger partial charge >= 0.3 is 5.97 Å². The Balaban J connectivity index is 1.74. The van der Waals surface area contributed by atoms with Crippen LogP contribution >= 0.6 is 11.5 Å². The van der Waals surface area contributed by atoms with Crippen molar-refractivity contribution in [3.05, 3.63) is 77.5 Å². The number of nitrogens with zero attached hydrogens (tertiary/aromatic N) is 2. The van der Waals surface area contributed by atoms with Crippen molar-refractivity contribution in [1.82, 2.24) is 4.37 Å². The molecule has 2 aromatic carbocycles. The normalized spacial score (nSPS) is 10.4. The van der Waals surface area contributed by atoms with Crippen LogP contribution in [-0.2, 0) is 16.1 Å². The Morgan fingerprint density at radius 2 is 1.71 bits per heavy atom. The zero-order valence-corrected chi connectivity index (χ0v) is 16.5. The molecule has 0 unspecified atom stereocenters. The smallest absolute Gasteiger partial charge is 0.343 e. The predicted molar refractivity (Wildman–Crippen MR) is 111 cm³/mol. The van der Waals surface area contributed by atoms with Crippen molar-refractivity contribution in [2.75, 3.05) is 23.9 Å². The van der Waals surface area contributed by atoms with Gasteiger partial charge in [-0.05, 0) is 36.2 Å².